The smallest absolute Gasteiger partial charge is 0.228 e. The van der Waals surface area contributed by atoms with Gasteiger partial charge in [-0.2, -0.15) is 17.7 Å². The molecule has 3 heterocycles. The highest BCUT2D eigenvalue weighted by Crippen LogP contribution is 2.26. The van der Waals surface area contributed by atoms with E-state index in [1.807, 2.05) is 25.1 Å². The highest BCUT2D eigenvalue weighted by atomic mass is 32.1. The van der Waals surface area contributed by atoms with Gasteiger partial charge in [0.25, 0.3) is 0 Å². The van der Waals surface area contributed by atoms with Crippen molar-refractivity contribution in [1.29, 1.82) is 0 Å². The van der Waals surface area contributed by atoms with Gasteiger partial charge in [0.15, 0.2) is 0 Å². The first-order valence-electron chi connectivity index (χ1n) is 6.65. The van der Waals surface area contributed by atoms with E-state index in [4.69, 9.17) is 4.42 Å². The van der Waals surface area contributed by atoms with Crippen LogP contribution in [0.3, 0.4) is 0 Å². The number of amides is 1. The number of hydrogen-bond acceptors (Lipinski definition) is 4. The van der Waals surface area contributed by atoms with Crippen LogP contribution in [0.15, 0.2) is 28.8 Å². The zero-order valence-electron chi connectivity index (χ0n) is 11.3. The number of rotatable bonds is 4. The number of anilines is 1. The maximum absolute atomic E-state index is 12.1. The maximum atomic E-state index is 12.1. The molecule has 1 fully saturated rings. The SMILES string of the molecule is Cc1ccc(Cn2nccc2N2CC(CS)CC2=O)o1. The molecule has 1 aliphatic heterocycles. The molecule has 20 heavy (non-hydrogen) atoms. The molecule has 0 saturated carbocycles. The molecule has 6 heteroatoms. The first-order valence-corrected chi connectivity index (χ1v) is 7.29. The zero-order chi connectivity index (χ0) is 14.1. The van der Waals surface area contributed by atoms with Gasteiger partial charge in [-0.1, -0.05) is 0 Å². The number of furan rings is 1. The normalized spacial score (nSPS) is 19.0. The van der Waals surface area contributed by atoms with Crippen LogP contribution in [-0.2, 0) is 11.3 Å². The molecule has 3 rings (SSSR count). The molecule has 106 valence electrons. The minimum Gasteiger partial charge on any atom is -0.464 e. The van der Waals surface area contributed by atoms with E-state index < -0.39 is 0 Å². The van der Waals surface area contributed by atoms with Crippen molar-refractivity contribution >= 4 is 24.4 Å². The van der Waals surface area contributed by atoms with Crippen LogP contribution in [0, 0.1) is 12.8 Å². The lowest BCUT2D eigenvalue weighted by Gasteiger charge is -2.17. The van der Waals surface area contributed by atoms with Crippen LogP contribution in [0.25, 0.3) is 0 Å². The van der Waals surface area contributed by atoms with E-state index in [0.717, 1.165) is 23.1 Å². The molecule has 0 spiro atoms. The third-order valence-corrected chi connectivity index (χ3v) is 4.05. The Morgan fingerprint density at radius 3 is 2.95 bits per heavy atom. The standard InChI is InChI=1S/C14H17N3O2S/c1-10-2-3-12(19-10)8-17-13(4-5-15-17)16-7-11(9-20)6-14(16)18/h2-5,11,20H,6-9H2,1H3. The molecule has 1 saturated heterocycles. The van der Waals surface area contributed by atoms with E-state index in [1.165, 1.54) is 0 Å². The summed E-state index contributed by atoms with van der Waals surface area (Å²) in [5.41, 5.74) is 0. The summed E-state index contributed by atoms with van der Waals surface area (Å²) in [7, 11) is 0. The lowest BCUT2D eigenvalue weighted by molar-refractivity contribution is -0.117. The summed E-state index contributed by atoms with van der Waals surface area (Å²) in [5, 5.41) is 4.29. The van der Waals surface area contributed by atoms with Crippen LogP contribution < -0.4 is 4.90 Å². The largest absolute Gasteiger partial charge is 0.464 e. The minimum absolute atomic E-state index is 0.140. The van der Waals surface area contributed by atoms with E-state index in [-0.39, 0.29) is 5.91 Å². The van der Waals surface area contributed by atoms with Gasteiger partial charge in [-0.3, -0.25) is 9.69 Å². The topological polar surface area (TPSA) is 51.3 Å². The van der Waals surface area contributed by atoms with E-state index in [0.29, 0.717) is 25.4 Å². The van der Waals surface area contributed by atoms with Gasteiger partial charge in [-0.15, -0.1) is 0 Å². The van der Waals surface area contributed by atoms with Crippen molar-refractivity contribution in [3.05, 3.63) is 35.9 Å². The molecule has 1 unspecified atom stereocenters. The van der Waals surface area contributed by atoms with Crippen molar-refractivity contribution in [2.24, 2.45) is 5.92 Å². The number of hydrogen-bond donors (Lipinski definition) is 1. The number of aryl methyl sites for hydroxylation is 1. The Bertz CT molecular complexity index is 619. The molecule has 0 aromatic carbocycles. The van der Waals surface area contributed by atoms with Crippen molar-refractivity contribution in [2.45, 2.75) is 19.9 Å². The van der Waals surface area contributed by atoms with Crippen LogP contribution >= 0.6 is 12.6 Å². The molecular formula is C14H17N3O2S. The van der Waals surface area contributed by atoms with Crippen molar-refractivity contribution in [1.82, 2.24) is 9.78 Å². The van der Waals surface area contributed by atoms with Gasteiger partial charge in [0.2, 0.25) is 5.91 Å². The number of thiol groups is 1. The second kappa shape index (κ2) is 5.36. The van der Waals surface area contributed by atoms with Crippen LogP contribution in [-0.4, -0.2) is 28.0 Å². The minimum atomic E-state index is 0.140. The fraction of sp³-hybridized carbons (Fsp3) is 0.429. The van der Waals surface area contributed by atoms with Crippen molar-refractivity contribution in [3.63, 3.8) is 0 Å². The number of carbonyl (C=O) groups is 1. The van der Waals surface area contributed by atoms with Gasteiger partial charge in [0, 0.05) is 19.0 Å². The molecule has 1 atom stereocenters. The predicted octanol–water partition coefficient (Wildman–Crippen LogP) is 2.12. The Balaban J connectivity index is 1.81. The monoisotopic (exact) mass is 291 g/mol. The molecule has 0 bridgehead atoms. The Kier molecular flexibility index (Phi) is 3.56. The fourth-order valence-corrected chi connectivity index (χ4v) is 2.76. The molecule has 1 amide bonds. The summed E-state index contributed by atoms with van der Waals surface area (Å²) in [4.78, 5) is 13.9. The molecule has 0 radical (unpaired) electrons. The van der Waals surface area contributed by atoms with Crippen LogP contribution in [0.1, 0.15) is 17.9 Å². The average Bonchev–Trinajstić information content (AvgIpc) is 3.11. The Morgan fingerprint density at radius 1 is 1.45 bits per heavy atom. The summed E-state index contributed by atoms with van der Waals surface area (Å²) in [6.45, 7) is 3.16. The first kappa shape index (κ1) is 13.3. The van der Waals surface area contributed by atoms with Crippen molar-refractivity contribution < 1.29 is 9.21 Å². The van der Waals surface area contributed by atoms with Crippen LogP contribution in [0.4, 0.5) is 5.82 Å². The maximum Gasteiger partial charge on any atom is 0.228 e. The Morgan fingerprint density at radius 2 is 2.30 bits per heavy atom. The van der Waals surface area contributed by atoms with Crippen LogP contribution in [0.5, 0.6) is 0 Å². The summed E-state index contributed by atoms with van der Waals surface area (Å²) in [6, 6.07) is 5.73. The number of aromatic nitrogens is 2. The molecule has 1 aliphatic rings. The van der Waals surface area contributed by atoms with Gasteiger partial charge < -0.3 is 4.42 Å². The van der Waals surface area contributed by atoms with E-state index in [1.54, 1.807) is 15.8 Å². The van der Waals surface area contributed by atoms with Crippen LogP contribution in [0.2, 0.25) is 0 Å². The third-order valence-electron chi connectivity index (χ3n) is 3.54. The second-order valence-corrected chi connectivity index (χ2v) is 5.48. The first-order chi connectivity index (χ1) is 9.67. The second-order valence-electron chi connectivity index (χ2n) is 5.12. The summed E-state index contributed by atoms with van der Waals surface area (Å²) in [6.07, 6.45) is 2.28. The molecule has 0 aliphatic carbocycles. The van der Waals surface area contributed by atoms with E-state index in [2.05, 4.69) is 17.7 Å². The molecule has 2 aromatic heterocycles. The number of carbonyl (C=O) groups excluding carboxylic acids is 1. The highest BCUT2D eigenvalue weighted by molar-refractivity contribution is 7.80. The van der Waals surface area contributed by atoms with E-state index in [9.17, 15) is 4.79 Å². The van der Waals surface area contributed by atoms with Gasteiger partial charge in [0.05, 0.1) is 6.20 Å². The van der Waals surface area contributed by atoms with Gasteiger partial charge in [-0.05, 0) is 30.7 Å². The fourth-order valence-electron chi connectivity index (χ4n) is 2.52. The molecule has 0 N–H and O–H groups in total. The molecule has 5 nitrogen and oxygen atoms in total. The van der Waals surface area contributed by atoms with Gasteiger partial charge >= 0.3 is 0 Å². The summed E-state index contributed by atoms with van der Waals surface area (Å²) >= 11 is 4.29. The molecular weight excluding hydrogens is 274 g/mol. The Labute approximate surface area is 123 Å². The summed E-state index contributed by atoms with van der Waals surface area (Å²) in [5.74, 6) is 3.73. The predicted molar refractivity (Wildman–Crippen MR) is 79.1 cm³/mol. The third kappa shape index (κ3) is 2.47. The van der Waals surface area contributed by atoms with Crippen molar-refractivity contribution in [2.75, 3.05) is 17.2 Å². The quantitative estimate of drug-likeness (QED) is 0.878. The van der Waals surface area contributed by atoms with Crippen molar-refractivity contribution in [3.8, 4) is 0 Å². The number of nitrogens with zero attached hydrogens (tertiary/aromatic N) is 3. The van der Waals surface area contributed by atoms with E-state index >= 15 is 0 Å². The lowest BCUT2D eigenvalue weighted by Crippen LogP contribution is -2.27. The molecule has 2 aromatic rings. The summed E-state index contributed by atoms with van der Waals surface area (Å²) < 4.78 is 7.37. The lowest BCUT2D eigenvalue weighted by atomic mass is 10.1. The van der Waals surface area contributed by atoms with Gasteiger partial charge in [0.1, 0.15) is 23.9 Å². The Hall–Kier alpha value is -1.69. The van der Waals surface area contributed by atoms with Gasteiger partial charge in [-0.25, -0.2) is 4.68 Å². The zero-order valence-corrected chi connectivity index (χ0v) is 12.2. The highest BCUT2D eigenvalue weighted by Gasteiger charge is 2.31. The average molecular weight is 291 g/mol.